The van der Waals surface area contributed by atoms with Gasteiger partial charge in [0.15, 0.2) is 0 Å². The molecule has 1 heterocycles. The molecule has 1 saturated heterocycles. The Balaban J connectivity index is 1.77. The lowest BCUT2D eigenvalue weighted by molar-refractivity contribution is 0.178. The van der Waals surface area contributed by atoms with Gasteiger partial charge in [0.05, 0.1) is 6.26 Å². The van der Waals surface area contributed by atoms with Crippen LogP contribution in [0.2, 0.25) is 0 Å². The minimum absolute atomic E-state index is 0.199. The van der Waals surface area contributed by atoms with E-state index in [1.54, 1.807) is 12.1 Å². The maximum absolute atomic E-state index is 13.1. The summed E-state index contributed by atoms with van der Waals surface area (Å²) in [5.74, 6) is 0.197. The lowest BCUT2D eigenvalue weighted by Gasteiger charge is -2.31. The molecule has 1 aliphatic rings. The second-order valence-electron chi connectivity index (χ2n) is 5.47. The van der Waals surface area contributed by atoms with Crippen molar-refractivity contribution in [1.29, 1.82) is 0 Å². The molecule has 1 N–H and O–H groups in total. The van der Waals surface area contributed by atoms with Crippen LogP contribution < -0.4 is 4.72 Å². The molecule has 0 radical (unpaired) electrons. The van der Waals surface area contributed by atoms with Crippen molar-refractivity contribution < 1.29 is 12.8 Å². The van der Waals surface area contributed by atoms with E-state index in [2.05, 4.69) is 9.62 Å². The monoisotopic (exact) mass is 300 g/mol. The molecule has 0 aromatic heterocycles. The van der Waals surface area contributed by atoms with E-state index in [-0.39, 0.29) is 5.82 Å². The van der Waals surface area contributed by atoms with Crippen molar-refractivity contribution in [2.75, 3.05) is 25.9 Å². The Morgan fingerprint density at radius 1 is 1.35 bits per heavy atom. The molecular weight excluding hydrogens is 279 g/mol. The van der Waals surface area contributed by atoms with Gasteiger partial charge in [-0.05, 0) is 49.5 Å². The Morgan fingerprint density at radius 3 is 2.65 bits per heavy atom. The van der Waals surface area contributed by atoms with E-state index in [1.807, 2.05) is 6.07 Å². The first-order chi connectivity index (χ1) is 9.42. The van der Waals surface area contributed by atoms with Crippen molar-refractivity contribution in [3.63, 3.8) is 0 Å². The van der Waals surface area contributed by atoms with E-state index in [1.165, 1.54) is 12.3 Å². The summed E-state index contributed by atoms with van der Waals surface area (Å²) in [7, 11) is -3.10. The number of piperidine rings is 1. The maximum atomic E-state index is 13.1. The van der Waals surface area contributed by atoms with E-state index >= 15 is 0 Å². The van der Waals surface area contributed by atoms with E-state index in [4.69, 9.17) is 0 Å². The summed E-state index contributed by atoms with van der Waals surface area (Å²) < 4.78 is 37.8. The SMILES string of the molecule is CS(=O)(=O)NCC1CCN(Cc2cccc(F)c2)CC1. The van der Waals surface area contributed by atoms with Crippen molar-refractivity contribution in [2.24, 2.45) is 5.92 Å². The average Bonchev–Trinajstić information content (AvgIpc) is 2.37. The van der Waals surface area contributed by atoms with Crippen molar-refractivity contribution in [2.45, 2.75) is 19.4 Å². The Hall–Kier alpha value is -0.980. The highest BCUT2D eigenvalue weighted by Crippen LogP contribution is 2.18. The number of nitrogens with one attached hydrogen (secondary N) is 1. The zero-order valence-corrected chi connectivity index (χ0v) is 12.5. The van der Waals surface area contributed by atoms with Crippen molar-refractivity contribution >= 4 is 10.0 Å². The lowest BCUT2D eigenvalue weighted by Crippen LogP contribution is -2.38. The largest absolute Gasteiger partial charge is 0.299 e. The number of sulfonamides is 1. The summed E-state index contributed by atoms with van der Waals surface area (Å²) in [4.78, 5) is 2.28. The summed E-state index contributed by atoms with van der Waals surface area (Å²) in [5.41, 5.74) is 0.984. The topological polar surface area (TPSA) is 49.4 Å². The van der Waals surface area contributed by atoms with Gasteiger partial charge in [0.25, 0.3) is 0 Å². The Bertz CT molecular complexity index is 540. The van der Waals surface area contributed by atoms with E-state index < -0.39 is 10.0 Å². The van der Waals surface area contributed by atoms with Gasteiger partial charge in [-0.25, -0.2) is 17.5 Å². The molecule has 1 aromatic rings. The van der Waals surface area contributed by atoms with Gasteiger partial charge in [0.2, 0.25) is 10.0 Å². The molecule has 1 aromatic carbocycles. The van der Waals surface area contributed by atoms with Crippen molar-refractivity contribution in [3.8, 4) is 0 Å². The van der Waals surface area contributed by atoms with Gasteiger partial charge in [0, 0.05) is 13.1 Å². The molecule has 0 unspecified atom stereocenters. The minimum atomic E-state index is -3.10. The van der Waals surface area contributed by atoms with Crippen LogP contribution in [0.5, 0.6) is 0 Å². The molecule has 20 heavy (non-hydrogen) atoms. The predicted molar refractivity (Wildman–Crippen MR) is 77.2 cm³/mol. The van der Waals surface area contributed by atoms with Crippen LogP contribution in [-0.2, 0) is 16.6 Å². The average molecular weight is 300 g/mol. The molecule has 2 rings (SSSR count). The van der Waals surface area contributed by atoms with E-state index in [9.17, 15) is 12.8 Å². The van der Waals surface area contributed by atoms with Crippen LogP contribution in [-0.4, -0.2) is 39.2 Å². The predicted octanol–water partition coefficient (Wildman–Crippen LogP) is 1.59. The fraction of sp³-hybridized carbons (Fsp3) is 0.571. The van der Waals surface area contributed by atoms with Crippen LogP contribution >= 0.6 is 0 Å². The Morgan fingerprint density at radius 2 is 2.05 bits per heavy atom. The summed E-state index contributed by atoms with van der Waals surface area (Å²) in [6.07, 6.45) is 3.13. The van der Waals surface area contributed by atoms with Gasteiger partial charge in [-0.15, -0.1) is 0 Å². The highest BCUT2D eigenvalue weighted by atomic mass is 32.2. The van der Waals surface area contributed by atoms with E-state index in [0.717, 1.165) is 38.0 Å². The normalized spacial score (nSPS) is 18.3. The first-order valence-electron chi connectivity index (χ1n) is 6.84. The quantitative estimate of drug-likeness (QED) is 0.898. The molecule has 0 spiro atoms. The number of nitrogens with zero attached hydrogens (tertiary/aromatic N) is 1. The third-order valence-corrected chi connectivity index (χ3v) is 4.33. The van der Waals surface area contributed by atoms with Gasteiger partial charge in [-0.1, -0.05) is 12.1 Å². The molecular formula is C14H21FN2O2S. The number of hydrogen-bond acceptors (Lipinski definition) is 3. The van der Waals surface area contributed by atoms with Crippen LogP contribution in [0.1, 0.15) is 18.4 Å². The summed E-state index contributed by atoms with van der Waals surface area (Å²) >= 11 is 0. The Labute approximate surface area is 120 Å². The fourth-order valence-corrected chi connectivity index (χ4v) is 3.05. The molecule has 0 amide bonds. The highest BCUT2D eigenvalue weighted by Gasteiger charge is 2.20. The zero-order valence-electron chi connectivity index (χ0n) is 11.7. The number of halogens is 1. The van der Waals surface area contributed by atoms with E-state index in [0.29, 0.717) is 12.5 Å². The van der Waals surface area contributed by atoms with Crippen LogP contribution in [0.4, 0.5) is 4.39 Å². The third-order valence-electron chi connectivity index (χ3n) is 3.64. The second kappa shape index (κ2) is 6.65. The zero-order chi connectivity index (χ0) is 14.6. The first-order valence-corrected chi connectivity index (χ1v) is 8.73. The minimum Gasteiger partial charge on any atom is -0.299 e. The van der Waals surface area contributed by atoms with Crippen LogP contribution in [0.25, 0.3) is 0 Å². The lowest BCUT2D eigenvalue weighted by atomic mass is 9.97. The fourth-order valence-electron chi connectivity index (χ4n) is 2.51. The van der Waals surface area contributed by atoms with Crippen molar-refractivity contribution in [3.05, 3.63) is 35.6 Å². The van der Waals surface area contributed by atoms with Crippen LogP contribution in [0.15, 0.2) is 24.3 Å². The Kier molecular flexibility index (Phi) is 5.12. The summed E-state index contributed by atoms with van der Waals surface area (Å²) in [5, 5.41) is 0. The van der Waals surface area contributed by atoms with Gasteiger partial charge in [-0.2, -0.15) is 0 Å². The van der Waals surface area contributed by atoms with Crippen LogP contribution in [0.3, 0.4) is 0 Å². The smallest absolute Gasteiger partial charge is 0.208 e. The summed E-state index contributed by atoms with van der Waals surface area (Å²) in [6, 6.07) is 6.68. The third kappa shape index (κ3) is 5.19. The molecule has 1 fully saturated rings. The molecule has 4 nitrogen and oxygen atoms in total. The number of hydrogen-bond donors (Lipinski definition) is 1. The molecule has 1 aliphatic heterocycles. The molecule has 6 heteroatoms. The second-order valence-corrected chi connectivity index (χ2v) is 7.30. The van der Waals surface area contributed by atoms with Gasteiger partial charge in [0.1, 0.15) is 5.82 Å². The molecule has 0 aliphatic carbocycles. The number of benzene rings is 1. The number of rotatable bonds is 5. The van der Waals surface area contributed by atoms with Gasteiger partial charge < -0.3 is 0 Å². The van der Waals surface area contributed by atoms with Gasteiger partial charge in [-0.3, -0.25) is 4.90 Å². The highest BCUT2D eigenvalue weighted by molar-refractivity contribution is 7.88. The van der Waals surface area contributed by atoms with Gasteiger partial charge >= 0.3 is 0 Å². The maximum Gasteiger partial charge on any atom is 0.208 e. The summed E-state index contributed by atoms with van der Waals surface area (Å²) in [6.45, 7) is 3.12. The molecule has 0 atom stereocenters. The molecule has 0 saturated carbocycles. The standard InChI is InChI=1S/C14H21FN2O2S/c1-20(18,19)16-10-12-5-7-17(8-6-12)11-13-3-2-4-14(15)9-13/h2-4,9,12,16H,5-8,10-11H2,1H3. The molecule has 0 bridgehead atoms. The van der Waals surface area contributed by atoms with Crippen LogP contribution in [0, 0.1) is 11.7 Å². The first kappa shape index (κ1) is 15.4. The molecule has 112 valence electrons. The number of likely N-dealkylation sites (tertiary alicyclic amines) is 1. The van der Waals surface area contributed by atoms with Crippen molar-refractivity contribution in [1.82, 2.24) is 9.62 Å².